The van der Waals surface area contributed by atoms with Gasteiger partial charge in [-0.1, -0.05) is 13.0 Å². The van der Waals surface area contributed by atoms with Crippen molar-refractivity contribution in [2.45, 2.75) is 26.8 Å². The van der Waals surface area contributed by atoms with E-state index in [0.717, 1.165) is 13.0 Å². The zero-order chi connectivity index (χ0) is 13.8. The summed E-state index contributed by atoms with van der Waals surface area (Å²) in [7, 11) is 0. The maximum Gasteiger partial charge on any atom is 0.208 e. The molecule has 0 saturated heterocycles. The molecule has 0 atom stereocenters. The number of nitrogens with zero attached hydrogens (tertiary/aromatic N) is 1. The van der Waals surface area contributed by atoms with Gasteiger partial charge in [0.1, 0.15) is 11.6 Å². The minimum atomic E-state index is -0.646. The molecule has 0 unspecified atom stereocenters. The Labute approximate surface area is 110 Å². The number of aryl methyl sites for hydroxylation is 1. The fourth-order valence-electron chi connectivity index (χ4n) is 1.76. The minimum absolute atomic E-state index is 0.118. The molecule has 3 nitrogen and oxygen atoms in total. The summed E-state index contributed by atoms with van der Waals surface area (Å²) in [6.07, 6.45) is 2.35. The van der Waals surface area contributed by atoms with Crippen LogP contribution in [0.2, 0.25) is 0 Å². The summed E-state index contributed by atoms with van der Waals surface area (Å²) < 4.78 is 33.0. The Morgan fingerprint density at radius 2 is 2.11 bits per heavy atom. The van der Waals surface area contributed by atoms with E-state index < -0.39 is 11.6 Å². The van der Waals surface area contributed by atoms with Crippen molar-refractivity contribution in [2.75, 3.05) is 6.54 Å². The highest BCUT2D eigenvalue weighted by molar-refractivity contribution is 5.59. The highest BCUT2D eigenvalue weighted by atomic mass is 19.1. The molecule has 0 aliphatic heterocycles. The lowest BCUT2D eigenvalue weighted by Crippen LogP contribution is -2.13. The van der Waals surface area contributed by atoms with Crippen LogP contribution in [-0.4, -0.2) is 11.5 Å². The van der Waals surface area contributed by atoms with Crippen LogP contribution in [0.3, 0.4) is 0 Å². The summed E-state index contributed by atoms with van der Waals surface area (Å²) >= 11 is 0. The third kappa shape index (κ3) is 2.98. The molecule has 102 valence electrons. The Balaban J connectivity index is 2.25. The van der Waals surface area contributed by atoms with Gasteiger partial charge in [0.15, 0.2) is 5.76 Å². The number of hydrogen-bond donors (Lipinski definition) is 1. The first-order valence-electron chi connectivity index (χ1n) is 6.24. The van der Waals surface area contributed by atoms with Crippen molar-refractivity contribution in [3.63, 3.8) is 0 Å². The van der Waals surface area contributed by atoms with Crippen molar-refractivity contribution in [1.82, 2.24) is 10.3 Å². The van der Waals surface area contributed by atoms with Crippen molar-refractivity contribution in [2.24, 2.45) is 0 Å². The average Bonchev–Trinajstić information content (AvgIpc) is 2.83. The molecule has 1 aromatic carbocycles. The summed E-state index contributed by atoms with van der Waals surface area (Å²) in [6, 6.07) is 2.62. The van der Waals surface area contributed by atoms with Crippen molar-refractivity contribution in [3.05, 3.63) is 41.4 Å². The first-order chi connectivity index (χ1) is 9.13. The van der Waals surface area contributed by atoms with E-state index in [-0.39, 0.29) is 11.3 Å². The topological polar surface area (TPSA) is 38.1 Å². The van der Waals surface area contributed by atoms with E-state index in [4.69, 9.17) is 4.42 Å². The van der Waals surface area contributed by atoms with Crippen LogP contribution in [0.5, 0.6) is 0 Å². The molecule has 0 saturated carbocycles. The molecule has 1 aromatic heterocycles. The standard InChI is InChI=1S/C14H16F2N2O/c1-3-6-17-8-12-18-7-11(19-12)13-10(15)5-4-9(2)14(13)16/h4-5,7,17H,3,6,8H2,1-2H3. The quantitative estimate of drug-likeness (QED) is 0.842. The van der Waals surface area contributed by atoms with E-state index >= 15 is 0 Å². The Hall–Kier alpha value is -1.75. The van der Waals surface area contributed by atoms with Gasteiger partial charge < -0.3 is 9.73 Å². The molecule has 0 radical (unpaired) electrons. The zero-order valence-electron chi connectivity index (χ0n) is 11.0. The van der Waals surface area contributed by atoms with Crippen molar-refractivity contribution < 1.29 is 13.2 Å². The van der Waals surface area contributed by atoms with Crippen LogP contribution in [0.4, 0.5) is 8.78 Å². The third-order valence-electron chi connectivity index (χ3n) is 2.79. The second-order valence-corrected chi connectivity index (χ2v) is 4.35. The largest absolute Gasteiger partial charge is 0.439 e. The molecule has 2 rings (SSSR count). The van der Waals surface area contributed by atoms with E-state index in [2.05, 4.69) is 10.3 Å². The summed E-state index contributed by atoms with van der Waals surface area (Å²) in [5.74, 6) is -0.715. The molecule has 0 amide bonds. The predicted molar refractivity (Wildman–Crippen MR) is 68.6 cm³/mol. The molecule has 0 aliphatic rings. The smallest absolute Gasteiger partial charge is 0.208 e. The van der Waals surface area contributed by atoms with Crippen molar-refractivity contribution in [1.29, 1.82) is 0 Å². The van der Waals surface area contributed by atoms with E-state index in [0.29, 0.717) is 18.0 Å². The Morgan fingerprint density at radius 1 is 1.32 bits per heavy atom. The summed E-state index contributed by atoms with van der Waals surface area (Å²) in [5.41, 5.74) is 0.215. The normalized spacial score (nSPS) is 10.9. The summed E-state index contributed by atoms with van der Waals surface area (Å²) in [4.78, 5) is 4.01. The van der Waals surface area contributed by atoms with Gasteiger partial charge in [-0.2, -0.15) is 0 Å². The minimum Gasteiger partial charge on any atom is -0.439 e. The van der Waals surface area contributed by atoms with Crippen LogP contribution in [0.25, 0.3) is 11.3 Å². The van der Waals surface area contributed by atoms with Crippen LogP contribution in [-0.2, 0) is 6.54 Å². The molecule has 5 heteroatoms. The molecule has 1 N–H and O–H groups in total. The number of rotatable bonds is 5. The van der Waals surface area contributed by atoms with Gasteiger partial charge in [0, 0.05) is 0 Å². The molecular formula is C14H16F2N2O. The predicted octanol–water partition coefficient (Wildman–Crippen LogP) is 3.43. The number of hydrogen-bond acceptors (Lipinski definition) is 3. The lowest BCUT2D eigenvalue weighted by atomic mass is 10.1. The third-order valence-corrected chi connectivity index (χ3v) is 2.79. The SMILES string of the molecule is CCCNCc1ncc(-c2c(F)ccc(C)c2F)o1. The number of nitrogens with one attached hydrogen (secondary N) is 1. The number of halogens is 2. The van der Waals surface area contributed by atoms with Gasteiger partial charge in [-0.3, -0.25) is 0 Å². The van der Waals surface area contributed by atoms with Crippen molar-refractivity contribution in [3.8, 4) is 11.3 Å². The summed E-state index contributed by atoms with van der Waals surface area (Å²) in [6.45, 7) is 4.91. The Kier molecular flexibility index (Phi) is 4.27. The van der Waals surface area contributed by atoms with Gasteiger partial charge in [-0.15, -0.1) is 0 Å². The van der Waals surface area contributed by atoms with Gasteiger partial charge in [-0.05, 0) is 31.5 Å². The van der Waals surface area contributed by atoms with E-state index in [9.17, 15) is 8.78 Å². The fourth-order valence-corrected chi connectivity index (χ4v) is 1.76. The molecule has 0 bridgehead atoms. The lowest BCUT2D eigenvalue weighted by molar-refractivity contribution is 0.471. The van der Waals surface area contributed by atoms with Gasteiger partial charge in [-0.25, -0.2) is 13.8 Å². The van der Waals surface area contributed by atoms with Gasteiger partial charge in [0.2, 0.25) is 5.89 Å². The molecular weight excluding hydrogens is 250 g/mol. The monoisotopic (exact) mass is 266 g/mol. The second-order valence-electron chi connectivity index (χ2n) is 4.35. The molecule has 0 spiro atoms. The second kappa shape index (κ2) is 5.93. The fraction of sp³-hybridized carbons (Fsp3) is 0.357. The van der Waals surface area contributed by atoms with Crippen LogP contribution < -0.4 is 5.32 Å². The molecule has 19 heavy (non-hydrogen) atoms. The first-order valence-corrected chi connectivity index (χ1v) is 6.24. The lowest BCUT2D eigenvalue weighted by Gasteiger charge is -2.04. The Morgan fingerprint density at radius 3 is 2.84 bits per heavy atom. The number of benzene rings is 1. The number of aromatic nitrogens is 1. The van der Waals surface area contributed by atoms with Gasteiger partial charge in [0.25, 0.3) is 0 Å². The maximum absolute atomic E-state index is 13.9. The van der Waals surface area contributed by atoms with E-state index in [1.165, 1.54) is 18.3 Å². The Bertz CT molecular complexity index is 567. The van der Waals surface area contributed by atoms with E-state index in [1.54, 1.807) is 6.92 Å². The van der Waals surface area contributed by atoms with Crippen LogP contribution in [0, 0.1) is 18.6 Å². The van der Waals surface area contributed by atoms with Gasteiger partial charge in [0.05, 0.1) is 18.3 Å². The zero-order valence-corrected chi connectivity index (χ0v) is 11.0. The highest BCUT2D eigenvalue weighted by Gasteiger charge is 2.17. The molecule has 1 heterocycles. The van der Waals surface area contributed by atoms with Gasteiger partial charge >= 0.3 is 0 Å². The summed E-state index contributed by atoms with van der Waals surface area (Å²) in [5, 5.41) is 3.11. The molecule has 2 aromatic rings. The molecule has 0 fully saturated rings. The molecule has 0 aliphatic carbocycles. The van der Waals surface area contributed by atoms with Crippen LogP contribution in [0.1, 0.15) is 24.8 Å². The van der Waals surface area contributed by atoms with Crippen LogP contribution >= 0.6 is 0 Å². The van der Waals surface area contributed by atoms with E-state index in [1.807, 2.05) is 6.92 Å². The van der Waals surface area contributed by atoms with Crippen LogP contribution in [0.15, 0.2) is 22.7 Å². The number of oxazole rings is 1. The first kappa shape index (κ1) is 13.7. The highest BCUT2D eigenvalue weighted by Crippen LogP contribution is 2.28. The maximum atomic E-state index is 13.9. The van der Waals surface area contributed by atoms with Crippen molar-refractivity contribution >= 4 is 0 Å². The average molecular weight is 266 g/mol.